The van der Waals surface area contributed by atoms with Crippen molar-refractivity contribution in [3.8, 4) is 0 Å². The molecule has 1 aliphatic rings. The van der Waals surface area contributed by atoms with Gasteiger partial charge in [-0.3, -0.25) is 4.68 Å². The molecule has 1 fully saturated rings. The number of likely N-dealkylation sites (tertiary alicyclic amines) is 1. The van der Waals surface area contributed by atoms with Gasteiger partial charge < -0.3 is 10.2 Å². The molecule has 0 spiro atoms. The SMILES string of the molecule is CNC1CCN(CCc2cnn(C)c2)CC1. The van der Waals surface area contributed by atoms with E-state index >= 15 is 0 Å². The minimum Gasteiger partial charge on any atom is -0.317 e. The lowest BCUT2D eigenvalue weighted by atomic mass is 10.0. The van der Waals surface area contributed by atoms with E-state index in [1.807, 2.05) is 17.9 Å². The summed E-state index contributed by atoms with van der Waals surface area (Å²) in [5.74, 6) is 0. The Morgan fingerprint density at radius 3 is 2.75 bits per heavy atom. The lowest BCUT2D eigenvalue weighted by Crippen LogP contribution is -2.41. The molecule has 1 N–H and O–H groups in total. The van der Waals surface area contributed by atoms with E-state index in [4.69, 9.17) is 0 Å². The molecule has 0 amide bonds. The molecule has 0 bridgehead atoms. The maximum absolute atomic E-state index is 4.19. The van der Waals surface area contributed by atoms with Crippen LogP contribution in [0.4, 0.5) is 0 Å². The van der Waals surface area contributed by atoms with Crippen LogP contribution in [0.5, 0.6) is 0 Å². The fraction of sp³-hybridized carbons (Fsp3) is 0.750. The largest absolute Gasteiger partial charge is 0.317 e. The molecule has 1 aliphatic heterocycles. The maximum atomic E-state index is 4.19. The molecular weight excluding hydrogens is 200 g/mol. The molecule has 4 nitrogen and oxygen atoms in total. The minimum atomic E-state index is 0.731. The van der Waals surface area contributed by atoms with Gasteiger partial charge in [0.1, 0.15) is 0 Å². The monoisotopic (exact) mass is 222 g/mol. The Balaban J connectivity index is 1.71. The molecule has 2 rings (SSSR count). The van der Waals surface area contributed by atoms with Gasteiger partial charge in [0.15, 0.2) is 0 Å². The first-order valence-electron chi connectivity index (χ1n) is 6.15. The number of rotatable bonds is 4. The van der Waals surface area contributed by atoms with Gasteiger partial charge in [0, 0.05) is 25.8 Å². The summed E-state index contributed by atoms with van der Waals surface area (Å²) in [6.07, 6.45) is 7.77. The molecule has 1 aromatic heterocycles. The van der Waals surface area contributed by atoms with E-state index < -0.39 is 0 Å². The van der Waals surface area contributed by atoms with E-state index in [1.165, 1.54) is 38.0 Å². The van der Waals surface area contributed by atoms with Gasteiger partial charge in [0.2, 0.25) is 0 Å². The lowest BCUT2D eigenvalue weighted by Gasteiger charge is -2.31. The van der Waals surface area contributed by atoms with Crippen LogP contribution >= 0.6 is 0 Å². The van der Waals surface area contributed by atoms with Crippen molar-refractivity contribution in [2.24, 2.45) is 7.05 Å². The predicted molar refractivity (Wildman–Crippen MR) is 65.4 cm³/mol. The summed E-state index contributed by atoms with van der Waals surface area (Å²) < 4.78 is 1.88. The van der Waals surface area contributed by atoms with Gasteiger partial charge in [-0.2, -0.15) is 5.10 Å². The third-order valence-electron chi connectivity index (χ3n) is 3.47. The second kappa shape index (κ2) is 5.46. The normalized spacial score (nSPS) is 19.1. The van der Waals surface area contributed by atoms with Crippen molar-refractivity contribution in [2.75, 3.05) is 26.7 Å². The van der Waals surface area contributed by atoms with Crippen molar-refractivity contribution < 1.29 is 0 Å². The van der Waals surface area contributed by atoms with Crippen molar-refractivity contribution in [3.05, 3.63) is 18.0 Å². The average molecular weight is 222 g/mol. The van der Waals surface area contributed by atoms with Crippen molar-refractivity contribution in [3.63, 3.8) is 0 Å². The van der Waals surface area contributed by atoms with Crippen LogP contribution in [0.15, 0.2) is 12.4 Å². The van der Waals surface area contributed by atoms with E-state index in [0.29, 0.717) is 0 Å². The van der Waals surface area contributed by atoms with Gasteiger partial charge in [-0.05, 0) is 45.0 Å². The number of piperidine rings is 1. The molecule has 16 heavy (non-hydrogen) atoms. The first-order chi connectivity index (χ1) is 7.78. The first-order valence-corrected chi connectivity index (χ1v) is 6.15. The molecule has 0 radical (unpaired) electrons. The zero-order valence-corrected chi connectivity index (χ0v) is 10.3. The van der Waals surface area contributed by atoms with Crippen LogP contribution in [0.1, 0.15) is 18.4 Å². The van der Waals surface area contributed by atoms with Crippen LogP contribution < -0.4 is 5.32 Å². The zero-order valence-electron chi connectivity index (χ0n) is 10.3. The van der Waals surface area contributed by atoms with Crippen molar-refractivity contribution in [2.45, 2.75) is 25.3 Å². The topological polar surface area (TPSA) is 33.1 Å². The van der Waals surface area contributed by atoms with Crippen LogP contribution in [0.25, 0.3) is 0 Å². The van der Waals surface area contributed by atoms with Crippen molar-refractivity contribution in [1.29, 1.82) is 0 Å². The molecule has 0 aromatic carbocycles. The predicted octanol–water partition coefficient (Wildman–Crippen LogP) is 0.646. The Morgan fingerprint density at radius 2 is 2.19 bits per heavy atom. The minimum absolute atomic E-state index is 0.731. The van der Waals surface area contributed by atoms with E-state index in [0.717, 1.165) is 12.5 Å². The molecule has 0 unspecified atom stereocenters. The fourth-order valence-electron chi connectivity index (χ4n) is 2.33. The fourth-order valence-corrected chi connectivity index (χ4v) is 2.33. The average Bonchev–Trinajstić information content (AvgIpc) is 2.73. The van der Waals surface area contributed by atoms with Crippen LogP contribution in [-0.4, -0.2) is 47.4 Å². The number of hydrogen-bond donors (Lipinski definition) is 1. The number of nitrogens with zero attached hydrogens (tertiary/aromatic N) is 3. The molecule has 0 saturated carbocycles. The van der Waals surface area contributed by atoms with Gasteiger partial charge in [0.05, 0.1) is 6.20 Å². The maximum Gasteiger partial charge on any atom is 0.0522 e. The Kier molecular flexibility index (Phi) is 3.96. The van der Waals surface area contributed by atoms with Crippen LogP contribution in [0.3, 0.4) is 0 Å². The van der Waals surface area contributed by atoms with Gasteiger partial charge in [0.25, 0.3) is 0 Å². The Hall–Kier alpha value is -0.870. The summed E-state index contributed by atoms with van der Waals surface area (Å²) >= 11 is 0. The Labute approximate surface area is 97.6 Å². The highest BCUT2D eigenvalue weighted by molar-refractivity contribution is 5.04. The van der Waals surface area contributed by atoms with Crippen LogP contribution in [0, 0.1) is 0 Å². The molecular formula is C12H22N4. The molecule has 0 aliphatic carbocycles. The van der Waals surface area contributed by atoms with E-state index in [9.17, 15) is 0 Å². The standard InChI is InChI=1S/C12H22N4/c1-13-12-4-7-16(8-5-12)6-3-11-9-14-15(2)10-11/h9-10,12-13H,3-8H2,1-2H3. The van der Waals surface area contributed by atoms with Gasteiger partial charge >= 0.3 is 0 Å². The third kappa shape index (κ3) is 3.06. The third-order valence-corrected chi connectivity index (χ3v) is 3.47. The Bertz CT molecular complexity index is 313. The summed E-state index contributed by atoms with van der Waals surface area (Å²) in [6.45, 7) is 3.62. The van der Waals surface area contributed by atoms with E-state index in [2.05, 4.69) is 28.6 Å². The summed E-state index contributed by atoms with van der Waals surface area (Å²) in [6, 6.07) is 0.731. The number of aryl methyl sites for hydroxylation is 1. The van der Waals surface area contributed by atoms with Gasteiger partial charge in [-0.1, -0.05) is 0 Å². The molecule has 90 valence electrons. The van der Waals surface area contributed by atoms with Crippen LogP contribution in [-0.2, 0) is 13.5 Å². The number of hydrogen-bond acceptors (Lipinski definition) is 3. The summed E-state index contributed by atoms with van der Waals surface area (Å²) in [5.41, 5.74) is 1.35. The van der Waals surface area contributed by atoms with Crippen molar-refractivity contribution in [1.82, 2.24) is 20.0 Å². The van der Waals surface area contributed by atoms with Gasteiger partial charge in [-0.25, -0.2) is 0 Å². The lowest BCUT2D eigenvalue weighted by molar-refractivity contribution is 0.204. The van der Waals surface area contributed by atoms with Crippen LogP contribution in [0.2, 0.25) is 0 Å². The molecule has 1 aromatic rings. The number of aromatic nitrogens is 2. The zero-order chi connectivity index (χ0) is 11.4. The summed E-state index contributed by atoms with van der Waals surface area (Å²) in [7, 11) is 4.04. The quantitative estimate of drug-likeness (QED) is 0.812. The second-order valence-electron chi connectivity index (χ2n) is 4.68. The summed E-state index contributed by atoms with van der Waals surface area (Å²) in [5, 5.41) is 7.56. The van der Waals surface area contributed by atoms with Crippen molar-refractivity contribution >= 4 is 0 Å². The second-order valence-corrected chi connectivity index (χ2v) is 4.68. The van der Waals surface area contributed by atoms with Gasteiger partial charge in [-0.15, -0.1) is 0 Å². The highest BCUT2D eigenvalue weighted by Crippen LogP contribution is 2.10. The summed E-state index contributed by atoms with van der Waals surface area (Å²) in [4.78, 5) is 2.56. The number of nitrogens with one attached hydrogen (secondary N) is 1. The van der Waals surface area contributed by atoms with E-state index in [-0.39, 0.29) is 0 Å². The Morgan fingerprint density at radius 1 is 1.44 bits per heavy atom. The first kappa shape index (κ1) is 11.6. The molecule has 1 saturated heterocycles. The molecule has 2 heterocycles. The molecule has 0 atom stereocenters. The highest BCUT2D eigenvalue weighted by Gasteiger charge is 2.17. The van der Waals surface area contributed by atoms with E-state index in [1.54, 1.807) is 0 Å². The highest BCUT2D eigenvalue weighted by atomic mass is 15.2. The smallest absolute Gasteiger partial charge is 0.0522 e. The molecule has 4 heteroatoms.